The van der Waals surface area contributed by atoms with Gasteiger partial charge in [-0.2, -0.15) is 0 Å². The van der Waals surface area contributed by atoms with Crippen molar-refractivity contribution in [3.63, 3.8) is 0 Å². The van der Waals surface area contributed by atoms with Crippen molar-refractivity contribution >= 4 is 45.9 Å². The molecule has 0 aliphatic carbocycles. The van der Waals surface area contributed by atoms with Gasteiger partial charge in [0.15, 0.2) is 11.4 Å². The summed E-state index contributed by atoms with van der Waals surface area (Å²) in [5, 5.41) is 3.52. The average Bonchev–Trinajstić information content (AvgIpc) is 3.18. The number of furan rings is 1. The zero-order chi connectivity index (χ0) is 22.1. The van der Waals surface area contributed by atoms with Crippen LogP contribution in [0.15, 0.2) is 29.0 Å². The van der Waals surface area contributed by atoms with Crippen LogP contribution in [0.3, 0.4) is 0 Å². The number of anilines is 1. The second-order valence-electron chi connectivity index (χ2n) is 7.24. The summed E-state index contributed by atoms with van der Waals surface area (Å²) < 4.78 is 30.8. The zero-order valence-corrected chi connectivity index (χ0v) is 18.1. The lowest BCUT2D eigenvalue weighted by Crippen LogP contribution is -2.38. The van der Waals surface area contributed by atoms with Gasteiger partial charge in [-0.15, -0.1) is 0 Å². The standard InChI is InChI=1S/C21H20Cl2FN3O4/c1-10(16-14(22)2-3-15(24)17(16)23)31-19-18-12(8-26-20(19)25)13(9-30-18)21(28)27-11-4-6-29-7-5-11/h2-3,8-11H,4-7H2,1H3,(H2,25,26)(H,27,28)/t10-/m1/s1. The maximum absolute atomic E-state index is 13.9. The van der Waals surface area contributed by atoms with Gasteiger partial charge in [0.25, 0.3) is 5.91 Å². The molecule has 10 heteroatoms. The fourth-order valence-electron chi connectivity index (χ4n) is 3.53. The van der Waals surface area contributed by atoms with E-state index in [2.05, 4.69) is 10.3 Å². The minimum absolute atomic E-state index is 0.0287. The molecule has 2 aromatic heterocycles. The average molecular weight is 468 g/mol. The molecule has 0 unspecified atom stereocenters. The van der Waals surface area contributed by atoms with Crippen LogP contribution < -0.4 is 15.8 Å². The quantitative estimate of drug-likeness (QED) is 0.517. The van der Waals surface area contributed by atoms with E-state index < -0.39 is 11.9 Å². The molecular formula is C21H20Cl2FN3O4. The Balaban J connectivity index is 1.64. The number of aromatic nitrogens is 1. The summed E-state index contributed by atoms with van der Waals surface area (Å²) in [6.45, 7) is 2.86. The molecule has 1 fully saturated rings. The Morgan fingerprint density at radius 2 is 2.10 bits per heavy atom. The second-order valence-corrected chi connectivity index (χ2v) is 8.03. The lowest BCUT2D eigenvalue weighted by atomic mass is 10.1. The molecule has 3 N–H and O–H groups in total. The number of benzene rings is 1. The van der Waals surface area contributed by atoms with E-state index in [4.69, 9.17) is 42.8 Å². The predicted molar refractivity (Wildman–Crippen MR) is 115 cm³/mol. The number of halogens is 3. The third-order valence-electron chi connectivity index (χ3n) is 5.18. The number of hydrogen-bond donors (Lipinski definition) is 2. The molecule has 0 saturated carbocycles. The number of carbonyl (C=O) groups excluding carboxylic acids is 1. The SMILES string of the molecule is C[C@@H](Oc1c(N)ncc2c(C(=O)NC3CCOCC3)coc12)c1c(Cl)ccc(F)c1Cl. The maximum Gasteiger partial charge on any atom is 0.255 e. The van der Waals surface area contributed by atoms with Gasteiger partial charge in [-0.3, -0.25) is 4.79 Å². The first-order valence-corrected chi connectivity index (χ1v) is 10.5. The van der Waals surface area contributed by atoms with Crippen molar-refractivity contribution in [2.24, 2.45) is 0 Å². The Kier molecular flexibility index (Phi) is 6.22. The Morgan fingerprint density at radius 3 is 2.84 bits per heavy atom. The van der Waals surface area contributed by atoms with Gasteiger partial charge in [0.05, 0.1) is 16.0 Å². The topological polar surface area (TPSA) is 99.6 Å². The van der Waals surface area contributed by atoms with Gasteiger partial charge in [0.2, 0.25) is 5.75 Å². The van der Waals surface area contributed by atoms with Crippen LogP contribution in [0.4, 0.5) is 10.2 Å². The summed E-state index contributed by atoms with van der Waals surface area (Å²) in [6, 6.07) is 2.60. The number of pyridine rings is 1. The number of amides is 1. The van der Waals surface area contributed by atoms with Crippen molar-refractivity contribution in [2.45, 2.75) is 31.9 Å². The van der Waals surface area contributed by atoms with Crippen molar-refractivity contribution in [3.8, 4) is 5.75 Å². The molecule has 1 aliphatic rings. The molecule has 7 nitrogen and oxygen atoms in total. The number of carbonyl (C=O) groups is 1. The number of ether oxygens (including phenoxy) is 2. The monoisotopic (exact) mass is 467 g/mol. The predicted octanol–water partition coefficient (Wildman–Crippen LogP) is 4.90. The van der Waals surface area contributed by atoms with Crippen LogP contribution >= 0.6 is 23.2 Å². The Labute approximate surface area is 187 Å². The fraction of sp³-hybridized carbons (Fsp3) is 0.333. The number of fused-ring (bicyclic) bond motifs is 1. The Bertz CT molecular complexity index is 1130. The van der Waals surface area contributed by atoms with Gasteiger partial charge < -0.3 is 24.9 Å². The van der Waals surface area contributed by atoms with Crippen molar-refractivity contribution in [1.82, 2.24) is 10.3 Å². The molecule has 1 saturated heterocycles. The Hall–Kier alpha value is -2.55. The molecule has 1 aromatic carbocycles. The largest absolute Gasteiger partial charge is 0.478 e. The summed E-state index contributed by atoms with van der Waals surface area (Å²) >= 11 is 12.3. The second kappa shape index (κ2) is 8.90. The molecule has 1 atom stereocenters. The molecule has 1 amide bonds. The number of nitrogens with two attached hydrogens (primary N) is 1. The van der Waals surface area contributed by atoms with Crippen molar-refractivity contribution in [1.29, 1.82) is 0 Å². The summed E-state index contributed by atoms with van der Waals surface area (Å²) in [6.07, 6.45) is 3.50. The van der Waals surface area contributed by atoms with Crippen LogP contribution in [-0.4, -0.2) is 30.1 Å². The number of nitrogen functional groups attached to an aromatic ring is 1. The molecule has 164 valence electrons. The summed E-state index contributed by atoms with van der Waals surface area (Å²) in [7, 11) is 0. The highest BCUT2D eigenvalue weighted by molar-refractivity contribution is 6.36. The van der Waals surface area contributed by atoms with Crippen LogP contribution in [0.5, 0.6) is 5.75 Å². The van der Waals surface area contributed by atoms with E-state index in [0.717, 1.165) is 12.8 Å². The van der Waals surface area contributed by atoms with E-state index in [1.54, 1.807) is 6.92 Å². The van der Waals surface area contributed by atoms with Gasteiger partial charge in [-0.25, -0.2) is 9.37 Å². The van der Waals surface area contributed by atoms with Crippen molar-refractivity contribution < 1.29 is 23.1 Å². The van der Waals surface area contributed by atoms with Gasteiger partial charge in [-0.1, -0.05) is 23.2 Å². The normalized spacial score (nSPS) is 15.7. The summed E-state index contributed by atoms with van der Waals surface area (Å²) in [5.74, 6) is -0.737. The first-order valence-electron chi connectivity index (χ1n) is 9.71. The fourth-order valence-corrected chi connectivity index (χ4v) is 4.20. The van der Waals surface area contributed by atoms with E-state index >= 15 is 0 Å². The zero-order valence-electron chi connectivity index (χ0n) is 16.6. The van der Waals surface area contributed by atoms with Crippen LogP contribution in [0.1, 0.15) is 41.8 Å². The number of nitrogens with one attached hydrogen (secondary N) is 1. The summed E-state index contributed by atoms with van der Waals surface area (Å²) in [4.78, 5) is 16.9. The lowest BCUT2D eigenvalue weighted by molar-refractivity contribution is 0.0697. The summed E-state index contributed by atoms with van der Waals surface area (Å²) in [5.41, 5.74) is 6.83. The molecule has 3 heterocycles. The molecule has 31 heavy (non-hydrogen) atoms. The van der Waals surface area contributed by atoms with E-state index in [0.29, 0.717) is 24.2 Å². The van der Waals surface area contributed by atoms with Gasteiger partial charge in [0, 0.05) is 36.0 Å². The third kappa shape index (κ3) is 4.28. The highest BCUT2D eigenvalue weighted by Gasteiger charge is 2.25. The van der Waals surface area contributed by atoms with E-state index in [-0.39, 0.29) is 44.7 Å². The highest BCUT2D eigenvalue weighted by atomic mass is 35.5. The van der Waals surface area contributed by atoms with Crippen LogP contribution in [0, 0.1) is 5.82 Å². The smallest absolute Gasteiger partial charge is 0.255 e. The molecule has 4 rings (SSSR count). The molecule has 1 aliphatic heterocycles. The van der Waals surface area contributed by atoms with Crippen LogP contribution in [0.2, 0.25) is 10.0 Å². The maximum atomic E-state index is 13.9. The third-order valence-corrected chi connectivity index (χ3v) is 5.90. The molecule has 0 bridgehead atoms. The van der Waals surface area contributed by atoms with Crippen molar-refractivity contribution in [2.75, 3.05) is 18.9 Å². The first kappa shape index (κ1) is 21.7. The minimum Gasteiger partial charge on any atom is -0.478 e. The molecule has 0 radical (unpaired) electrons. The van der Waals surface area contributed by atoms with Crippen LogP contribution in [0.25, 0.3) is 11.0 Å². The van der Waals surface area contributed by atoms with Crippen molar-refractivity contribution in [3.05, 3.63) is 51.6 Å². The van der Waals surface area contributed by atoms with E-state index in [1.165, 1.54) is 24.6 Å². The lowest BCUT2D eigenvalue weighted by Gasteiger charge is -2.22. The first-order chi connectivity index (χ1) is 14.9. The Morgan fingerprint density at radius 1 is 1.35 bits per heavy atom. The number of nitrogens with zero attached hydrogens (tertiary/aromatic N) is 1. The number of rotatable bonds is 5. The molecule has 3 aromatic rings. The van der Waals surface area contributed by atoms with Gasteiger partial charge in [0.1, 0.15) is 18.2 Å². The molecular weight excluding hydrogens is 448 g/mol. The molecule has 0 spiro atoms. The van der Waals surface area contributed by atoms with Gasteiger partial charge in [-0.05, 0) is 31.9 Å². The van der Waals surface area contributed by atoms with Gasteiger partial charge >= 0.3 is 0 Å². The highest BCUT2D eigenvalue weighted by Crippen LogP contribution is 2.39. The van der Waals surface area contributed by atoms with Crippen LogP contribution in [-0.2, 0) is 4.74 Å². The van der Waals surface area contributed by atoms with E-state index in [9.17, 15) is 9.18 Å². The number of hydrogen-bond acceptors (Lipinski definition) is 6. The minimum atomic E-state index is -0.769. The van der Waals surface area contributed by atoms with E-state index in [1.807, 2.05) is 0 Å².